The van der Waals surface area contributed by atoms with Crippen molar-refractivity contribution in [3.05, 3.63) is 89.3 Å². The summed E-state index contributed by atoms with van der Waals surface area (Å²) < 4.78 is 21.8. The molecule has 2 N–H and O–H groups in total. The van der Waals surface area contributed by atoms with Gasteiger partial charge in [0.1, 0.15) is 22.8 Å². The molecule has 182 valence electrons. The average Bonchev–Trinajstić information content (AvgIpc) is 2.91. The van der Waals surface area contributed by atoms with Crippen LogP contribution in [0.2, 0.25) is 0 Å². The largest absolute Gasteiger partial charge is 0.497 e. The minimum absolute atomic E-state index is 0.0214. The molecule has 0 saturated heterocycles. The third kappa shape index (κ3) is 5.03. The monoisotopic (exact) mass is 483 g/mol. The molecular weight excluding hydrogens is 458 g/mol. The number of rotatable bonds is 8. The number of terminal acetylenes is 1. The molecule has 0 aromatic heterocycles. The topological polar surface area (TPSA) is 97.1 Å². The molecule has 3 aromatic rings. The molecule has 1 aliphatic rings. The van der Waals surface area contributed by atoms with Gasteiger partial charge in [0, 0.05) is 29.5 Å². The van der Waals surface area contributed by atoms with Crippen molar-refractivity contribution in [2.24, 2.45) is 5.73 Å². The number of ketones is 1. The summed E-state index contributed by atoms with van der Waals surface area (Å²) in [6.07, 6.45) is 5.24. The van der Waals surface area contributed by atoms with Crippen molar-refractivity contribution in [1.82, 2.24) is 0 Å². The van der Waals surface area contributed by atoms with Crippen molar-refractivity contribution < 1.29 is 28.5 Å². The van der Waals surface area contributed by atoms with E-state index in [0.717, 1.165) is 11.1 Å². The molecule has 3 aromatic carbocycles. The third-order valence-corrected chi connectivity index (χ3v) is 5.90. The molecule has 36 heavy (non-hydrogen) atoms. The van der Waals surface area contributed by atoms with Gasteiger partial charge in [-0.15, -0.1) is 6.42 Å². The molecule has 4 rings (SSSR count). The highest BCUT2D eigenvalue weighted by atomic mass is 16.5. The predicted octanol–water partition coefficient (Wildman–Crippen LogP) is 4.47. The number of benzene rings is 3. The zero-order valence-corrected chi connectivity index (χ0v) is 19.9. The highest BCUT2D eigenvalue weighted by molar-refractivity contribution is 5.99. The summed E-state index contributed by atoms with van der Waals surface area (Å²) in [4.78, 5) is 26.2. The average molecular weight is 484 g/mol. The van der Waals surface area contributed by atoms with Gasteiger partial charge in [-0.1, -0.05) is 42.3 Å². The van der Waals surface area contributed by atoms with Crippen LogP contribution in [0.1, 0.15) is 28.3 Å². The van der Waals surface area contributed by atoms with Crippen LogP contribution in [0.25, 0.3) is 11.1 Å². The summed E-state index contributed by atoms with van der Waals surface area (Å²) >= 11 is 0. The van der Waals surface area contributed by atoms with Crippen LogP contribution in [0.5, 0.6) is 17.2 Å². The first-order chi connectivity index (χ1) is 17.4. The molecule has 1 aliphatic heterocycles. The molecule has 0 amide bonds. The second-order valence-electron chi connectivity index (χ2n) is 8.06. The Morgan fingerprint density at radius 3 is 2.31 bits per heavy atom. The number of hydrogen-bond acceptors (Lipinski definition) is 7. The van der Waals surface area contributed by atoms with Gasteiger partial charge in [-0.2, -0.15) is 0 Å². The lowest BCUT2D eigenvalue weighted by molar-refractivity contribution is -0.138. The molecule has 0 spiro atoms. The van der Waals surface area contributed by atoms with Crippen LogP contribution in [-0.2, 0) is 9.53 Å². The highest BCUT2D eigenvalue weighted by Crippen LogP contribution is 2.43. The molecular formula is C29H25NO6. The van der Waals surface area contributed by atoms with E-state index in [-0.39, 0.29) is 30.3 Å². The Hall–Kier alpha value is -4.70. The van der Waals surface area contributed by atoms with Gasteiger partial charge >= 0.3 is 5.97 Å². The second-order valence-corrected chi connectivity index (χ2v) is 8.06. The second kappa shape index (κ2) is 10.7. The van der Waals surface area contributed by atoms with E-state index in [1.165, 1.54) is 0 Å². The molecule has 1 heterocycles. The third-order valence-electron chi connectivity index (χ3n) is 5.90. The number of carbonyl (C=O) groups excluding carboxylic acids is 2. The van der Waals surface area contributed by atoms with Crippen LogP contribution in [0.3, 0.4) is 0 Å². The lowest BCUT2D eigenvalue weighted by Gasteiger charge is -2.28. The molecule has 1 unspecified atom stereocenters. The summed E-state index contributed by atoms with van der Waals surface area (Å²) in [5, 5.41) is 0. The standard InChI is InChI=1S/C29H25NO6/c1-4-12-35-29(32)27-24(17-25(31)18-8-6-5-7-9-18)23-15-19(10-11-26(23)36-28(27)30)20-13-21(33-2)16-22(14-20)34-3/h1,5-11,13-16,24H,12,17,30H2,2-3H3. The fourth-order valence-electron chi connectivity index (χ4n) is 4.14. The number of Topliss-reactive ketones (excluding diaryl/α,β-unsaturated/α-hetero) is 1. The van der Waals surface area contributed by atoms with Crippen molar-refractivity contribution in [1.29, 1.82) is 0 Å². The van der Waals surface area contributed by atoms with Gasteiger partial charge in [-0.05, 0) is 35.4 Å². The van der Waals surface area contributed by atoms with Crippen LogP contribution in [0.15, 0.2) is 78.2 Å². The van der Waals surface area contributed by atoms with Crippen LogP contribution < -0.4 is 19.9 Å². The molecule has 7 nitrogen and oxygen atoms in total. The molecule has 1 atom stereocenters. The molecule has 0 aliphatic carbocycles. The van der Waals surface area contributed by atoms with E-state index in [1.54, 1.807) is 50.6 Å². The summed E-state index contributed by atoms with van der Waals surface area (Å²) in [5.41, 5.74) is 8.99. The number of esters is 1. The van der Waals surface area contributed by atoms with Gasteiger partial charge in [0.2, 0.25) is 5.88 Å². The summed E-state index contributed by atoms with van der Waals surface area (Å²) in [6, 6.07) is 19.8. The van der Waals surface area contributed by atoms with Crippen LogP contribution in [-0.4, -0.2) is 32.6 Å². The lowest BCUT2D eigenvalue weighted by Crippen LogP contribution is -2.28. The van der Waals surface area contributed by atoms with E-state index in [0.29, 0.717) is 28.4 Å². The minimum Gasteiger partial charge on any atom is -0.497 e. The normalized spacial score (nSPS) is 14.2. The predicted molar refractivity (Wildman–Crippen MR) is 135 cm³/mol. The van der Waals surface area contributed by atoms with Gasteiger partial charge in [-0.3, -0.25) is 4.79 Å². The highest BCUT2D eigenvalue weighted by Gasteiger charge is 2.36. The number of carbonyl (C=O) groups is 2. The summed E-state index contributed by atoms with van der Waals surface area (Å²) in [7, 11) is 3.15. The molecule has 7 heteroatoms. The van der Waals surface area contributed by atoms with Crippen molar-refractivity contribution in [2.45, 2.75) is 12.3 Å². The Labute approximate surface area is 209 Å². The Morgan fingerprint density at radius 1 is 0.972 bits per heavy atom. The van der Waals surface area contributed by atoms with Gasteiger partial charge < -0.3 is 24.7 Å². The van der Waals surface area contributed by atoms with Crippen molar-refractivity contribution in [2.75, 3.05) is 20.8 Å². The van der Waals surface area contributed by atoms with E-state index in [2.05, 4.69) is 5.92 Å². The quantitative estimate of drug-likeness (QED) is 0.287. The van der Waals surface area contributed by atoms with Gasteiger partial charge in [0.25, 0.3) is 0 Å². The summed E-state index contributed by atoms with van der Waals surface area (Å²) in [5.74, 6) is 2.25. The van der Waals surface area contributed by atoms with E-state index in [1.807, 2.05) is 30.3 Å². The maximum atomic E-state index is 13.2. The number of methoxy groups -OCH3 is 2. The maximum Gasteiger partial charge on any atom is 0.341 e. The molecule has 0 saturated carbocycles. The van der Waals surface area contributed by atoms with E-state index < -0.39 is 11.9 Å². The molecule has 0 fully saturated rings. The Balaban J connectivity index is 1.81. The fourth-order valence-corrected chi connectivity index (χ4v) is 4.14. The zero-order chi connectivity index (χ0) is 25.7. The van der Waals surface area contributed by atoms with E-state index >= 15 is 0 Å². The van der Waals surface area contributed by atoms with Crippen molar-refractivity contribution >= 4 is 11.8 Å². The number of nitrogens with two attached hydrogens (primary N) is 1. The van der Waals surface area contributed by atoms with Gasteiger partial charge in [0.05, 0.1) is 14.2 Å². The van der Waals surface area contributed by atoms with Crippen molar-refractivity contribution in [3.8, 4) is 40.7 Å². The minimum atomic E-state index is -0.726. The van der Waals surface area contributed by atoms with Crippen LogP contribution in [0, 0.1) is 12.3 Å². The first kappa shape index (κ1) is 24.4. The smallest absolute Gasteiger partial charge is 0.341 e. The Kier molecular flexibility index (Phi) is 7.26. The Bertz CT molecular complexity index is 1350. The van der Waals surface area contributed by atoms with Gasteiger partial charge in [-0.25, -0.2) is 4.79 Å². The van der Waals surface area contributed by atoms with Gasteiger partial charge in [0.15, 0.2) is 12.4 Å². The lowest BCUT2D eigenvalue weighted by atomic mass is 9.82. The van der Waals surface area contributed by atoms with Crippen molar-refractivity contribution in [3.63, 3.8) is 0 Å². The Morgan fingerprint density at radius 2 is 1.67 bits per heavy atom. The summed E-state index contributed by atoms with van der Waals surface area (Å²) in [6.45, 7) is -0.231. The fraction of sp³-hybridized carbons (Fsp3) is 0.172. The first-order valence-electron chi connectivity index (χ1n) is 11.2. The maximum absolute atomic E-state index is 13.2. The molecule has 0 radical (unpaired) electrons. The van der Waals surface area contributed by atoms with Crippen LogP contribution in [0.4, 0.5) is 0 Å². The molecule has 0 bridgehead atoms. The van der Waals surface area contributed by atoms with E-state index in [9.17, 15) is 9.59 Å². The number of ether oxygens (including phenoxy) is 4. The van der Waals surface area contributed by atoms with Crippen LogP contribution >= 0.6 is 0 Å². The SMILES string of the molecule is C#CCOC(=O)C1=C(N)Oc2ccc(-c3cc(OC)cc(OC)c3)cc2C1CC(=O)c1ccccc1. The zero-order valence-electron chi connectivity index (χ0n) is 19.9. The van der Waals surface area contributed by atoms with E-state index in [4.69, 9.17) is 31.1 Å². The first-order valence-corrected chi connectivity index (χ1v) is 11.2. The number of hydrogen-bond donors (Lipinski definition) is 1. The number of fused-ring (bicyclic) bond motifs is 1.